The van der Waals surface area contributed by atoms with E-state index in [9.17, 15) is 9.90 Å². The maximum absolute atomic E-state index is 11.7. The van der Waals surface area contributed by atoms with Crippen molar-refractivity contribution in [1.29, 1.82) is 5.26 Å². The van der Waals surface area contributed by atoms with Crippen LogP contribution in [-0.2, 0) is 4.79 Å². The molecule has 0 radical (unpaired) electrons. The van der Waals surface area contributed by atoms with Gasteiger partial charge in [0.25, 0.3) is 0 Å². The lowest BCUT2D eigenvalue weighted by atomic mass is 9.76. The highest BCUT2D eigenvalue weighted by Gasteiger charge is 2.42. The Hall–Kier alpha value is -1.80. The van der Waals surface area contributed by atoms with E-state index in [4.69, 9.17) is 16.9 Å². The van der Waals surface area contributed by atoms with Crippen LogP contribution in [0.1, 0.15) is 38.2 Å². The zero-order valence-corrected chi connectivity index (χ0v) is 11.9. The van der Waals surface area contributed by atoms with Crippen molar-refractivity contribution < 1.29 is 9.90 Å². The third-order valence-electron chi connectivity index (χ3n) is 3.77. The highest BCUT2D eigenvalue weighted by Crippen LogP contribution is 2.36. The topological polar surface area (TPSA) is 86.0 Å². The number of carbonyl (C=O) groups is 1. The second-order valence-electron chi connectivity index (χ2n) is 5.35. The molecule has 0 aliphatic heterocycles. The fourth-order valence-corrected chi connectivity index (χ4v) is 2.96. The van der Waals surface area contributed by atoms with Crippen LogP contribution in [0.25, 0.3) is 0 Å². The second-order valence-corrected chi connectivity index (χ2v) is 5.72. The van der Waals surface area contributed by atoms with Gasteiger partial charge in [-0.15, -0.1) is 0 Å². The van der Waals surface area contributed by atoms with Crippen LogP contribution in [0.15, 0.2) is 12.3 Å². The van der Waals surface area contributed by atoms with Gasteiger partial charge in [0.05, 0.1) is 5.56 Å². The molecule has 2 unspecified atom stereocenters. The van der Waals surface area contributed by atoms with Crippen molar-refractivity contribution in [3.63, 3.8) is 0 Å². The largest absolute Gasteiger partial charge is 0.480 e. The van der Waals surface area contributed by atoms with Gasteiger partial charge in [0.2, 0.25) is 0 Å². The van der Waals surface area contributed by atoms with Crippen LogP contribution in [0.2, 0.25) is 5.02 Å². The summed E-state index contributed by atoms with van der Waals surface area (Å²) in [7, 11) is 0. The number of nitriles is 1. The van der Waals surface area contributed by atoms with Crippen LogP contribution in [0.5, 0.6) is 0 Å². The van der Waals surface area contributed by atoms with Gasteiger partial charge in [0.1, 0.15) is 22.4 Å². The molecule has 1 aromatic rings. The van der Waals surface area contributed by atoms with Crippen molar-refractivity contribution in [2.45, 2.75) is 38.1 Å². The Labute approximate surface area is 122 Å². The molecule has 1 aromatic heterocycles. The van der Waals surface area contributed by atoms with E-state index in [0.29, 0.717) is 18.8 Å². The molecule has 20 heavy (non-hydrogen) atoms. The smallest absolute Gasteiger partial charge is 0.329 e. The van der Waals surface area contributed by atoms with Crippen LogP contribution in [0.3, 0.4) is 0 Å². The van der Waals surface area contributed by atoms with Crippen molar-refractivity contribution in [2.75, 3.05) is 5.32 Å². The molecular weight excluding hydrogens is 278 g/mol. The van der Waals surface area contributed by atoms with E-state index in [2.05, 4.69) is 10.3 Å². The Kier molecular flexibility index (Phi) is 4.15. The minimum Gasteiger partial charge on any atom is -0.480 e. The molecule has 0 saturated heterocycles. The first kappa shape index (κ1) is 14.6. The number of aliphatic carboxylic acids is 1. The number of carboxylic acids is 1. The normalized spacial score (nSPS) is 25.8. The molecule has 2 atom stereocenters. The highest BCUT2D eigenvalue weighted by molar-refractivity contribution is 6.34. The molecule has 1 aliphatic rings. The number of nitrogens with zero attached hydrogens (tertiary/aromatic N) is 2. The van der Waals surface area contributed by atoms with Crippen LogP contribution in [-0.4, -0.2) is 21.6 Å². The van der Waals surface area contributed by atoms with E-state index >= 15 is 0 Å². The average Bonchev–Trinajstić information content (AvgIpc) is 2.41. The molecule has 1 heterocycles. The lowest BCUT2D eigenvalue weighted by molar-refractivity contribution is -0.144. The van der Waals surface area contributed by atoms with Crippen LogP contribution in [0, 0.1) is 17.2 Å². The Bertz CT molecular complexity index is 570. The van der Waals surface area contributed by atoms with Crippen LogP contribution in [0.4, 0.5) is 5.82 Å². The lowest BCUT2D eigenvalue weighted by Crippen LogP contribution is -2.49. The van der Waals surface area contributed by atoms with Gasteiger partial charge in [0.15, 0.2) is 0 Å². The number of carboxylic acid groups (broad SMARTS) is 1. The fraction of sp³-hybridized carbons (Fsp3) is 0.500. The molecule has 0 spiro atoms. The van der Waals surface area contributed by atoms with E-state index in [1.807, 2.05) is 13.0 Å². The number of rotatable bonds is 3. The number of anilines is 1. The predicted octanol–water partition coefficient (Wildman–Crippen LogP) is 3.05. The summed E-state index contributed by atoms with van der Waals surface area (Å²) in [5.41, 5.74) is -0.767. The zero-order valence-electron chi connectivity index (χ0n) is 11.2. The summed E-state index contributed by atoms with van der Waals surface area (Å²) in [5.74, 6) is -0.309. The minimum absolute atomic E-state index is 0.175. The van der Waals surface area contributed by atoms with Gasteiger partial charge in [-0.25, -0.2) is 9.78 Å². The summed E-state index contributed by atoms with van der Waals surface area (Å²) in [6.45, 7) is 2.04. The van der Waals surface area contributed by atoms with Gasteiger partial charge in [-0.3, -0.25) is 0 Å². The summed E-state index contributed by atoms with van der Waals surface area (Å²) in [6, 6.07) is 3.47. The molecular formula is C14H16ClN3O2. The zero-order chi connectivity index (χ0) is 14.8. The quantitative estimate of drug-likeness (QED) is 0.894. The van der Waals surface area contributed by atoms with E-state index in [1.54, 1.807) is 0 Å². The molecule has 1 saturated carbocycles. The van der Waals surface area contributed by atoms with Gasteiger partial charge in [-0.05, 0) is 24.8 Å². The predicted molar refractivity (Wildman–Crippen MR) is 75.6 cm³/mol. The van der Waals surface area contributed by atoms with Gasteiger partial charge in [0, 0.05) is 6.20 Å². The summed E-state index contributed by atoms with van der Waals surface area (Å²) in [4.78, 5) is 15.8. The van der Waals surface area contributed by atoms with Crippen LogP contribution < -0.4 is 5.32 Å². The fourth-order valence-electron chi connectivity index (χ4n) is 2.76. The highest BCUT2D eigenvalue weighted by atomic mass is 35.5. The van der Waals surface area contributed by atoms with Crippen molar-refractivity contribution in [1.82, 2.24) is 4.98 Å². The number of pyridine rings is 1. The van der Waals surface area contributed by atoms with Gasteiger partial charge < -0.3 is 10.4 Å². The number of nitrogens with one attached hydrogen (secondary N) is 1. The Balaban J connectivity index is 2.35. The number of hydrogen-bond acceptors (Lipinski definition) is 4. The molecule has 6 heteroatoms. The Morgan fingerprint density at radius 2 is 2.45 bits per heavy atom. The third-order valence-corrected chi connectivity index (χ3v) is 4.16. The monoisotopic (exact) mass is 293 g/mol. The van der Waals surface area contributed by atoms with Crippen molar-refractivity contribution >= 4 is 23.4 Å². The number of aromatic nitrogens is 1. The van der Waals surface area contributed by atoms with E-state index in [-0.39, 0.29) is 16.4 Å². The number of hydrogen-bond donors (Lipinski definition) is 2. The minimum atomic E-state index is -1.05. The van der Waals surface area contributed by atoms with Crippen molar-refractivity contribution in [3.8, 4) is 6.07 Å². The average molecular weight is 294 g/mol. The van der Waals surface area contributed by atoms with E-state index in [1.165, 1.54) is 12.3 Å². The standard InChI is InChI=1S/C14H16ClN3O2/c1-9-3-2-5-14(7-9,13(19)20)18-12-11(15)10(8-16)4-6-17-12/h4,6,9H,2-3,5,7H2,1H3,(H,17,18)(H,19,20). The van der Waals surface area contributed by atoms with Crippen molar-refractivity contribution in [3.05, 3.63) is 22.8 Å². The maximum atomic E-state index is 11.7. The first-order valence-electron chi connectivity index (χ1n) is 6.55. The lowest BCUT2D eigenvalue weighted by Gasteiger charge is -2.37. The molecule has 1 aliphatic carbocycles. The molecule has 0 amide bonds. The molecule has 0 aromatic carbocycles. The van der Waals surface area contributed by atoms with Gasteiger partial charge in [-0.1, -0.05) is 31.4 Å². The second kappa shape index (κ2) is 5.68. The molecule has 1 fully saturated rings. The molecule has 0 bridgehead atoms. The summed E-state index contributed by atoms with van der Waals surface area (Å²) < 4.78 is 0. The van der Waals surface area contributed by atoms with E-state index in [0.717, 1.165) is 12.8 Å². The number of halogens is 1. The Morgan fingerprint density at radius 3 is 3.05 bits per heavy atom. The molecule has 2 N–H and O–H groups in total. The summed E-state index contributed by atoms with van der Waals surface area (Å²) in [6.07, 6.45) is 4.37. The SMILES string of the molecule is CC1CCCC(Nc2nccc(C#N)c2Cl)(C(=O)O)C1. The maximum Gasteiger partial charge on any atom is 0.329 e. The van der Waals surface area contributed by atoms with Crippen LogP contribution >= 0.6 is 11.6 Å². The molecule has 2 rings (SSSR count). The van der Waals surface area contributed by atoms with Gasteiger partial charge >= 0.3 is 5.97 Å². The third kappa shape index (κ3) is 2.70. The molecule has 5 nitrogen and oxygen atoms in total. The van der Waals surface area contributed by atoms with E-state index < -0.39 is 11.5 Å². The first-order valence-corrected chi connectivity index (χ1v) is 6.92. The summed E-state index contributed by atoms with van der Waals surface area (Å²) >= 11 is 6.09. The Morgan fingerprint density at radius 1 is 1.70 bits per heavy atom. The summed E-state index contributed by atoms with van der Waals surface area (Å²) in [5, 5.41) is 21.7. The van der Waals surface area contributed by atoms with Crippen molar-refractivity contribution in [2.24, 2.45) is 5.92 Å². The van der Waals surface area contributed by atoms with Gasteiger partial charge in [-0.2, -0.15) is 5.26 Å². The first-order chi connectivity index (χ1) is 9.48. The molecule has 106 valence electrons.